The summed E-state index contributed by atoms with van der Waals surface area (Å²) in [5, 5.41) is 9.37. The van der Waals surface area contributed by atoms with Gasteiger partial charge in [-0.25, -0.2) is 4.79 Å². The molecular weight excluding hydrogens is 390 g/mol. The summed E-state index contributed by atoms with van der Waals surface area (Å²) >= 11 is 0. The van der Waals surface area contributed by atoms with Crippen molar-refractivity contribution in [1.82, 2.24) is 0 Å². The highest BCUT2D eigenvalue weighted by atomic mass is 16.5. The second kappa shape index (κ2) is 11.2. The van der Waals surface area contributed by atoms with E-state index in [1.807, 2.05) is 43.3 Å². The third-order valence-corrected chi connectivity index (χ3v) is 4.29. The van der Waals surface area contributed by atoms with Gasteiger partial charge >= 0.3 is 5.97 Å². The predicted molar refractivity (Wildman–Crippen MR) is 119 cm³/mol. The minimum absolute atomic E-state index is 0.0911. The maximum atomic E-state index is 12.4. The molecule has 3 rings (SSSR count). The number of benzene rings is 3. The molecule has 0 atom stereocenters. The second-order valence-corrected chi connectivity index (χ2v) is 6.72. The van der Waals surface area contributed by atoms with Crippen molar-refractivity contribution < 1.29 is 19.0 Å². The predicted octanol–water partition coefficient (Wildman–Crippen LogP) is 5.57. The number of esters is 1. The van der Waals surface area contributed by atoms with Gasteiger partial charge in [0.05, 0.1) is 6.61 Å². The van der Waals surface area contributed by atoms with E-state index < -0.39 is 5.97 Å². The highest BCUT2D eigenvalue weighted by Gasteiger charge is 2.12. The van der Waals surface area contributed by atoms with Crippen LogP contribution in [0.4, 0.5) is 0 Å². The Hall–Kier alpha value is -4.04. The monoisotopic (exact) mass is 413 g/mol. The molecule has 0 bridgehead atoms. The quantitative estimate of drug-likeness (QED) is 0.199. The summed E-state index contributed by atoms with van der Waals surface area (Å²) in [5.74, 6) is 1.02. The molecule has 0 aliphatic heterocycles. The molecule has 0 spiro atoms. The van der Waals surface area contributed by atoms with Crippen molar-refractivity contribution in [2.75, 3.05) is 6.61 Å². The Bertz CT molecular complexity index is 1050. The van der Waals surface area contributed by atoms with Gasteiger partial charge in [0, 0.05) is 0 Å². The Morgan fingerprint density at radius 3 is 2.13 bits per heavy atom. The molecule has 0 saturated heterocycles. The van der Waals surface area contributed by atoms with Crippen LogP contribution >= 0.6 is 0 Å². The van der Waals surface area contributed by atoms with E-state index in [2.05, 4.69) is 0 Å². The third-order valence-electron chi connectivity index (χ3n) is 4.29. The van der Waals surface area contributed by atoms with Crippen molar-refractivity contribution >= 4 is 12.0 Å². The van der Waals surface area contributed by atoms with Gasteiger partial charge in [-0.1, -0.05) is 49.4 Å². The van der Waals surface area contributed by atoms with E-state index in [0.29, 0.717) is 30.3 Å². The van der Waals surface area contributed by atoms with Crippen LogP contribution < -0.4 is 14.2 Å². The van der Waals surface area contributed by atoms with Gasteiger partial charge < -0.3 is 14.2 Å². The van der Waals surface area contributed by atoms with Crippen LogP contribution in [0, 0.1) is 11.3 Å². The second-order valence-electron chi connectivity index (χ2n) is 6.72. The van der Waals surface area contributed by atoms with Gasteiger partial charge in [-0.3, -0.25) is 0 Å². The minimum Gasteiger partial charge on any atom is -0.494 e. The fourth-order valence-corrected chi connectivity index (χ4v) is 2.69. The Balaban J connectivity index is 1.58. The summed E-state index contributed by atoms with van der Waals surface area (Å²) < 4.78 is 16.6. The zero-order valence-electron chi connectivity index (χ0n) is 17.3. The fourth-order valence-electron chi connectivity index (χ4n) is 2.69. The first-order valence-electron chi connectivity index (χ1n) is 10.0. The van der Waals surface area contributed by atoms with Gasteiger partial charge in [0.25, 0.3) is 0 Å². The van der Waals surface area contributed by atoms with Crippen LogP contribution in [0.5, 0.6) is 17.2 Å². The molecule has 0 saturated carbocycles. The molecule has 0 N–H and O–H groups in total. The van der Waals surface area contributed by atoms with Gasteiger partial charge in [0.2, 0.25) is 0 Å². The summed E-state index contributed by atoms with van der Waals surface area (Å²) in [6, 6.07) is 25.6. The molecule has 5 heteroatoms. The number of rotatable bonds is 9. The zero-order chi connectivity index (χ0) is 21.9. The number of hydrogen-bond acceptors (Lipinski definition) is 5. The maximum absolute atomic E-state index is 12.4. The first-order chi connectivity index (χ1) is 15.2. The van der Waals surface area contributed by atoms with Crippen LogP contribution in [0.3, 0.4) is 0 Å². The smallest absolute Gasteiger partial charge is 0.354 e. The molecule has 0 fully saturated rings. The summed E-state index contributed by atoms with van der Waals surface area (Å²) in [5.41, 5.74) is 1.68. The van der Waals surface area contributed by atoms with Crippen molar-refractivity contribution in [2.45, 2.75) is 20.0 Å². The molecule has 0 unspecified atom stereocenters. The summed E-state index contributed by atoms with van der Waals surface area (Å²) in [6.45, 7) is 3.12. The summed E-state index contributed by atoms with van der Waals surface area (Å²) in [4.78, 5) is 12.4. The molecule has 0 aliphatic carbocycles. The first kappa shape index (κ1) is 21.7. The summed E-state index contributed by atoms with van der Waals surface area (Å²) in [7, 11) is 0. The number of carbonyl (C=O) groups is 1. The Morgan fingerprint density at radius 2 is 1.48 bits per heavy atom. The molecule has 31 heavy (non-hydrogen) atoms. The van der Waals surface area contributed by atoms with Crippen molar-refractivity contribution in [2.24, 2.45) is 0 Å². The molecule has 156 valence electrons. The van der Waals surface area contributed by atoms with Crippen LogP contribution in [0.25, 0.3) is 6.08 Å². The third kappa shape index (κ3) is 6.76. The number of hydrogen-bond donors (Lipinski definition) is 0. The van der Waals surface area contributed by atoms with Crippen molar-refractivity contribution in [3.63, 3.8) is 0 Å². The normalized spacial score (nSPS) is 10.8. The van der Waals surface area contributed by atoms with Crippen molar-refractivity contribution in [3.8, 4) is 23.3 Å². The van der Waals surface area contributed by atoms with Crippen LogP contribution in [0.15, 0.2) is 84.4 Å². The lowest BCUT2D eigenvalue weighted by Crippen LogP contribution is -2.10. The average Bonchev–Trinajstić information content (AvgIpc) is 2.82. The van der Waals surface area contributed by atoms with E-state index in [1.54, 1.807) is 48.5 Å². The van der Waals surface area contributed by atoms with E-state index in [0.717, 1.165) is 17.7 Å². The molecule has 0 amide bonds. The van der Waals surface area contributed by atoms with E-state index in [1.165, 1.54) is 6.08 Å². The number of nitriles is 1. The number of nitrogens with zero attached hydrogens (tertiary/aromatic N) is 1. The minimum atomic E-state index is -0.716. The molecule has 5 nitrogen and oxygen atoms in total. The van der Waals surface area contributed by atoms with Gasteiger partial charge in [0.15, 0.2) is 0 Å². The lowest BCUT2D eigenvalue weighted by Gasteiger charge is -2.08. The zero-order valence-corrected chi connectivity index (χ0v) is 17.3. The Morgan fingerprint density at radius 1 is 0.871 bits per heavy atom. The van der Waals surface area contributed by atoms with Crippen molar-refractivity contribution in [3.05, 3.63) is 95.6 Å². The molecule has 3 aromatic carbocycles. The fraction of sp³-hybridized carbons (Fsp3) is 0.154. The molecule has 0 aromatic heterocycles. The maximum Gasteiger partial charge on any atom is 0.354 e. The van der Waals surface area contributed by atoms with Crippen LogP contribution in [0.1, 0.15) is 24.5 Å². The van der Waals surface area contributed by atoms with Gasteiger partial charge in [-0.2, -0.15) is 5.26 Å². The van der Waals surface area contributed by atoms with E-state index in [4.69, 9.17) is 14.2 Å². The van der Waals surface area contributed by atoms with Gasteiger partial charge in [-0.15, -0.1) is 0 Å². The van der Waals surface area contributed by atoms with Gasteiger partial charge in [0.1, 0.15) is 35.5 Å². The SMILES string of the molecule is CCCOc1ccc(/C=C(/C#N)C(=O)Oc2ccc(OCc3ccccc3)cc2)cc1. The van der Waals surface area contributed by atoms with E-state index in [9.17, 15) is 10.1 Å². The number of carbonyl (C=O) groups excluding carboxylic acids is 1. The standard InChI is InChI=1S/C26H23NO4/c1-2-16-29-23-10-8-20(9-11-23)17-22(18-27)26(28)31-25-14-12-24(13-15-25)30-19-21-6-4-3-5-7-21/h3-15,17H,2,16,19H2,1H3/b22-17-. The first-order valence-corrected chi connectivity index (χ1v) is 10.0. The highest BCUT2D eigenvalue weighted by molar-refractivity contribution is 5.99. The lowest BCUT2D eigenvalue weighted by atomic mass is 10.1. The highest BCUT2D eigenvalue weighted by Crippen LogP contribution is 2.20. The van der Waals surface area contributed by atoms with Crippen LogP contribution in [-0.4, -0.2) is 12.6 Å². The van der Waals surface area contributed by atoms with Crippen molar-refractivity contribution in [1.29, 1.82) is 5.26 Å². The molecule has 0 heterocycles. The Labute approximate surface area is 182 Å². The van der Waals surface area contributed by atoms with E-state index in [-0.39, 0.29) is 5.57 Å². The molecule has 0 aliphatic rings. The van der Waals surface area contributed by atoms with Crippen LogP contribution in [-0.2, 0) is 11.4 Å². The topological polar surface area (TPSA) is 68.5 Å². The summed E-state index contributed by atoms with van der Waals surface area (Å²) in [6.07, 6.45) is 2.41. The van der Waals surface area contributed by atoms with Gasteiger partial charge in [-0.05, 0) is 60.0 Å². The van der Waals surface area contributed by atoms with Crippen LogP contribution in [0.2, 0.25) is 0 Å². The van der Waals surface area contributed by atoms with E-state index >= 15 is 0 Å². The average molecular weight is 413 g/mol. The largest absolute Gasteiger partial charge is 0.494 e. The molecule has 0 radical (unpaired) electrons. The Kier molecular flexibility index (Phi) is 7.84. The molecule has 3 aromatic rings. The molecular formula is C26H23NO4. The lowest BCUT2D eigenvalue weighted by molar-refractivity contribution is -0.129. The number of ether oxygens (including phenoxy) is 3.